The molecule has 0 atom stereocenters. The summed E-state index contributed by atoms with van der Waals surface area (Å²) in [6.45, 7) is 0.361. The Morgan fingerprint density at radius 1 is 0.731 bits per heavy atom. The monoisotopic (exact) mass is 350 g/mol. The van der Waals surface area contributed by atoms with Crippen LogP contribution < -0.4 is 14.2 Å². The van der Waals surface area contributed by atoms with Crippen LogP contribution in [0.1, 0.15) is 10.4 Å². The highest BCUT2D eigenvalue weighted by Crippen LogP contribution is 2.29. The highest BCUT2D eigenvalue weighted by atomic mass is 16.5. The van der Waals surface area contributed by atoms with E-state index < -0.39 is 5.97 Å². The molecular weight excluding hydrogens is 336 g/mol. The number of carbonyl (C=O) groups excluding carboxylic acids is 1. The minimum Gasteiger partial charge on any atom is -0.478 e. The summed E-state index contributed by atoms with van der Waals surface area (Å²) in [5.41, 5.74) is 0.191. The molecule has 0 aliphatic rings. The fourth-order valence-electron chi connectivity index (χ4n) is 2.18. The van der Waals surface area contributed by atoms with Crippen LogP contribution in [0.15, 0.2) is 72.8 Å². The van der Waals surface area contributed by atoms with E-state index >= 15 is 0 Å². The lowest BCUT2D eigenvalue weighted by Gasteiger charge is -2.09. The minimum atomic E-state index is -0.989. The lowest BCUT2D eigenvalue weighted by molar-refractivity contribution is -0.120. The first-order chi connectivity index (χ1) is 12.6. The topological polar surface area (TPSA) is 82.1 Å². The number of benzene rings is 3. The predicted molar refractivity (Wildman–Crippen MR) is 93.1 cm³/mol. The molecule has 3 aromatic carbocycles. The van der Waals surface area contributed by atoms with Gasteiger partial charge < -0.3 is 19.3 Å². The first-order valence-corrected chi connectivity index (χ1v) is 7.63. The number of carboxylic acid groups (broad SMARTS) is 1. The molecule has 3 aromatic rings. The van der Waals surface area contributed by atoms with Crippen molar-refractivity contribution in [3.05, 3.63) is 78.4 Å². The zero-order chi connectivity index (χ0) is 18.4. The normalized spacial score (nSPS) is 10.0. The summed E-state index contributed by atoms with van der Waals surface area (Å²) in [6.07, 6.45) is 0. The van der Waals surface area contributed by atoms with Gasteiger partial charge in [0.15, 0.2) is 0 Å². The Kier molecular flexibility index (Phi) is 5.14. The van der Waals surface area contributed by atoms with Gasteiger partial charge in [0, 0.05) is 6.07 Å². The molecule has 0 aromatic heterocycles. The Bertz CT molecular complexity index is 900. The molecule has 0 heterocycles. The number of carbonyl (C=O) groups is 2. The van der Waals surface area contributed by atoms with Crippen LogP contribution in [-0.2, 0) is 4.79 Å². The molecule has 6 nitrogen and oxygen atoms in total. The summed E-state index contributed by atoms with van der Waals surface area (Å²) in [4.78, 5) is 21.2. The molecule has 0 unspecified atom stereocenters. The minimum absolute atomic E-state index is 0.191. The van der Waals surface area contributed by atoms with Gasteiger partial charge in [-0.05, 0) is 60.7 Å². The van der Waals surface area contributed by atoms with Crippen molar-refractivity contribution in [2.24, 2.45) is 0 Å². The van der Waals surface area contributed by atoms with Gasteiger partial charge in [-0.3, -0.25) is 4.79 Å². The van der Waals surface area contributed by atoms with Crippen LogP contribution in [0.5, 0.6) is 28.7 Å². The molecule has 0 aliphatic heterocycles. The molecule has 6 heteroatoms. The first kappa shape index (κ1) is 17.0. The molecule has 0 bridgehead atoms. The molecule has 3 rings (SSSR count). The third-order valence-corrected chi connectivity index (χ3v) is 3.39. The van der Waals surface area contributed by atoms with Gasteiger partial charge in [0.25, 0.3) is 6.47 Å². The Labute approximate surface area is 149 Å². The van der Waals surface area contributed by atoms with E-state index in [4.69, 9.17) is 19.3 Å². The zero-order valence-corrected chi connectivity index (χ0v) is 13.5. The summed E-state index contributed by atoms with van der Waals surface area (Å²) in [7, 11) is 0. The highest BCUT2D eigenvalue weighted by molar-refractivity contribution is 5.87. The van der Waals surface area contributed by atoms with Crippen molar-refractivity contribution < 1.29 is 28.9 Å². The van der Waals surface area contributed by atoms with Gasteiger partial charge in [0.2, 0.25) is 0 Å². The maximum atomic E-state index is 10.9. The second kappa shape index (κ2) is 7.85. The Morgan fingerprint density at radius 3 is 1.73 bits per heavy atom. The smallest absolute Gasteiger partial charge is 0.335 e. The summed E-state index contributed by atoms with van der Waals surface area (Å²) in [6, 6.07) is 19.7. The van der Waals surface area contributed by atoms with E-state index in [2.05, 4.69) is 0 Å². The van der Waals surface area contributed by atoms with E-state index in [1.54, 1.807) is 60.7 Å². The first-order valence-electron chi connectivity index (χ1n) is 7.63. The lowest BCUT2D eigenvalue weighted by atomic mass is 10.2. The summed E-state index contributed by atoms with van der Waals surface area (Å²) in [5, 5.41) is 8.91. The van der Waals surface area contributed by atoms with E-state index in [0.717, 1.165) is 0 Å². The zero-order valence-electron chi connectivity index (χ0n) is 13.5. The van der Waals surface area contributed by atoms with Crippen molar-refractivity contribution in [2.75, 3.05) is 0 Å². The SMILES string of the molecule is O=COc1ccc(Oc2cccc(Oc3ccc(C(=O)O)cc3)c2)cc1. The Hall–Kier alpha value is -3.80. The molecule has 0 spiro atoms. The number of rotatable bonds is 7. The maximum absolute atomic E-state index is 10.9. The highest BCUT2D eigenvalue weighted by Gasteiger charge is 2.05. The summed E-state index contributed by atoms with van der Waals surface area (Å²) >= 11 is 0. The molecule has 26 heavy (non-hydrogen) atoms. The van der Waals surface area contributed by atoms with Crippen molar-refractivity contribution in [1.82, 2.24) is 0 Å². The van der Waals surface area contributed by atoms with Gasteiger partial charge in [-0.2, -0.15) is 0 Å². The largest absolute Gasteiger partial charge is 0.478 e. The molecule has 0 saturated heterocycles. The quantitative estimate of drug-likeness (QED) is 0.632. The molecule has 0 aliphatic carbocycles. The van der Waals surface area contributed by atoms with E-state index in [1.807, 2.05) is 0 Å². The molecule has 0 amide bonds. The van der Waals surface area contributed by atoms with Crippen molar-refractivity contribution in [3.63, 3.8) is 0 Å². The molecule has 0 radical (unpaired) electrons. The standard InChI is InChI=1S/C20H14O6/c21-13-24-15-8-10-17(11-9-15)26-19-3-1-2-18(12-19)25-16-6-4-14(5-7-16)20(22)23/h1-13H,(H,22,23). The number of aromatic carboxylic acids is 1. The average Bonchev–Trinajstić information content (AvgIpc) is 2.64. The van der Waals surface area contributed by atoms with Crippen LogP contribution in [0, 0.1) is 0 Å². The van der Waals surface area contributed by atoms with Crippen LogP contribution >= 0.6 is 0 Å². The second-order valence-corrected chi connectivity index (χ2v) is 5.19. The van der Waals surface area contributed by atoms with Crippen LogP contribution in [0.3, 0.4) is 0 Å². The maximum Gasteiger partial charge on any atom is 0.335 e. The fraction of sp³-hybridized carbons (Fsp3) is 0. The van der Waals surface area contributed by atoms with Crippen molar-refractivity contribution in [3.8, 4) is 28.7 Å². The van der Waals surface area contributed by atoms with Crippen molar-refractivity contribution in [1.29, 1.82) is 0 Å². The van der Waals surface area contributed by atoms with Gasteiger partial charge >= 0.3 is 5.97 Å². The van der Waals surface area contributed by atoms with Crippen molar-refractivity contribution >= 4 is 12.4 Å². The number of hydrogen-bond acceptors (Lipinski definition) is 5. The van der Waals surface area contributed by atoms with Gasteiger partial charge in [0.1, 0.15) is 28.7 Å². The molecule has 1 N–H and O–H groups in total. The Morgan fingerprint density at radius 2 is 1.23 bits per heavy atom. The summed E-state index contributed by atoms with van der Waals surface area (Å²) < 4.78 is 16.2. The van der Waals surface area contributed by atoms with Crippen LogP contribution in [0.2, 0.25) is 0 Å². The van der Waals surface area contributed by atoms with E-state index in [-0.39, 0.29) is 5.56 Å². The fourth-order valence-corrected chi connectivity index (χ4v) is 2.18. The second-order valence-electron chi connectivity index (χ2n) is 5.19. The number of carboxylic acids is 1. The summed E-state index contributed by atoms with van der Waals surface area (Å²) in [5.74, 6) is 1.64. The number of hydrogen-bond donors (Lipinski definition) is 1. The molecule has 130 valence electrons. The predicted octanol–water partition coefficient (Wildman–Crippen LogP) is 4.50. The van der Waals surface area contributed by atoms with Gasteiger partial charge in [-0.25, -0.2) is 4.79 Å². The van der Waals surface area contributed by atoms with Gasteiger partial charge in [-0.1, -0.05) is 6.07 Å². The van der Waals surface area contributed by atoms with E-state index in [0.29, 0.717) is 35.2 Å². The van der Waals surface area contributed by atoms with E-state index in [9.17, 15) is 9.59 Å². The lowest BCUT2D eigenvalue weighted by Crippen LogP contribution is -1.95. The molecule has 0 saturated carbocycles. The molecule has 0 fully saturated rings. The van der Waals surface area contributed by atoms with Gasteiger partial charge in [0.05, 0.1) is 5.56 Å². The van der Waals surface area contributed by atoms with Gasteiger partial charge in [-0.15, -0.1) is 0 Å². The Balaban J connectivity index is 1.69. The third kappa shape index (κ3) is 4.39. The number of ether oxygens (including phenoxy) is 3. The van der Waals surface area contributed by atoms with Crippen LogP contribution in [0.4, 0.5) is 0 Å². The van der Waals surface area contributed by atoms with Crippen molar-refractivity contribution in [2.45, 2.75) is 0 Å². The van der Waals surface area contributed by atoms with E-state index in [1.165, 1.54) is 12.1 Å². The average molecular weight is 350 g/mol. The van der Waals surface area contributed by atoms with Crippen LogP contribution in [0.25, 0.3) is 0 Å². The van der Waals surface area contributed by atoms with Crippen LogP contribution in [-0.4, -0.2) is 17.5 Å². The third-order valence-electron chi connectivity index (χ3n) is 3.39. The molecular formula is C20H14O6.